The Bertz CT molecular complexity index is 1030. The Morgan fingerprint density at radius 1 is 1.11 bits per heavy atom. The molecule has 6 nitrogen and oxygen atoms in total. The Morgan fingerprint density at radius 2 is 1.89 bits per heavy atom. The third kappa shape index (κ3) is 7.30. The quantitative estimate of drug-likeness (QED) is 0.246. The average molecular weight is 553 g/mol. The largest absolute Gasteiger partial charge is 0.492 e. The first-order valence-corrected chi connectivity index (χ1v) is 13.4. The lowest BCUT2D eigenvalue weighted by Gasteiger charge is -2.42. The van der Waals surface area contributed by atoms with Gasteiger partial charge in [-0.3, -0.25) is 9.69 Å². The van der Waals surface area contributed by atoms with Crippen molar-refractivity contribution >= 4 is 46.4 Å². The van der Waals surface area contributed by atoms with Crippen LogP contribution in [0.4, 0.5) is 5.69 Å². The molecule has 1 fully saturated rings. The standard InChI is InChI=1S/C27H32Cl3N3O3/c28-27(29,30)25(34)33(26(11-4-5-12-26)20-22-7-2-1-3-8-22)21-31-23-9-6-10-24(19-23)36-18-15-32-13-16-35-17-14-32/h1-4,6-11,19,31H,5,12-18,20-21H2. The summed E-state index contributed by atoms with van der Waals surface area (Å²) in [5.74, 6) is 0.202. The third-order valence-corrected chi connectivity index (χ3v) is 7.09. The zero-order chi connectivity index (χ0) is 25.4. The summed E-state index contributed by atoms with van der Waals surface area (Å²) in [6.45, 7) is 5.01. The molecule has 0 radical (unpaired) electrons. The minimum absolute atomic E-state index is 0.182. The highest BCUT2D eigenvalue weighted by Gasteiger charge is 2.45. The van der Waals surface area contributed by atoms with Gasteiger partial charge in [0, 0.05) is 31.4 Å². The lowest BCUT2D eigenvalue weighted by Crippen LogP contribution is -2.56. The van der Waals surface area contributed by atoms with Crippen molar-refractivity contribution in [1.82, 2.24) is 9.80 Å². The lowest BCUT2D eigenvalue weighted by atomic mass is 9.88. The van der Waals surface area contributed by atoms with Crippen LogP contribution in [0.3, 0.4) is 0 Å². The fourth-order valence-electron chi connectivity index (χ4n) is 4.70. The fraction of sp³-hybridized carbons (Fsp3) is 0.444. The summed E-state index contributed by atoms with van der Waals surface area (Å²) in [6, 6.07) is 17.8. The van der Waals surface area contributed by atoms with Gasteiger partial charge < -0.3 is 19.7 Å². The number of hydrogen-bond acceptors (Lipinski definition) is 5. The van der Waals surface area contributed by atoms with Crippen LogP contribution >= 0.6 is 34.8 Å². The SMILES string of the molecule is O=C(N(CNc1cccc(OCCN2CCOCC2)c1)C1(Cc2ccccc2)C=CCC1)C(Cl)(Cl)Cl. The van der Waals surface area contributed by atoms with Gasteiger partial charge in [-0.2, -0.15) is 0 Å². The summed E-state index contributed by atoms with van der Waals surface area (Å²) in [6.07, 6.45) is 6.39. The molecule has 1 atom stereocenters. The molecule has 4 rings (SSSR count). The summed E-state index contributed by atoms with van der Waals surface area (Å²) >= 11 is 18.3. The first-order valence-electron chi connectivity index (χ1n) is 12.2. The van der Waals surface area contributed by atoms with Gasteiger partial charge in [0.05, 0.1) is 25.4 Å². The molecular weight excluding hydrogens is 521 g/mol. The van der Waals surface area contributed by atoms with Crippen LogP contribution in [0.5, 0.6) is 5.75 Å². The number of carbonyl (C=O) groups is 1. The minimum Gasteiger partial charge on any atom is -0.492 e. The number of ether oxygens (including phenoxy) is 2. The highest BCUT2D eigenvalue weighted by Crippen LogP contribution is 2.38. The number of halogens is 3. The number of carbonyl (C=O) groups excluding carboxylic acids is 1. The van der Waals surface area contributed by atoms with Gasteiger partial charge in [-0.1, -0.05) is 83.4 Å². The summed E-state index contributed by atoms with van der Waals surface area (Å²) < 4.78 is 9.31. The number of benzene rings is 2. The van der Waals surface area contributed by atoms with Crippen LogP contribution in [0.25, 0.3) is 0 Å². The van der Waals surface area contributed by atoms with Gasteiger partial charge in [0.25, 0.3) is 9.70 Å². The van der Waals surface area contributed by atoms with Gasteiger partial charge in [-0.25, -0.2) is 0 Å². The van der Waals surface area contributed by atoms with Crippen molar-refractivity contribution in [2.45, 2.75) is 28.6 Å². The third-order valence-electron chi connectivity index (χ3n) is 6.61. The molecule has 1 amide bonds. The van der Waals surface area contributed by atoms with E-state index < -0.39 is 15.2 Å². The number of rotatable bonds is 10. The van der Waals surface area contributed by atoms with Crippen molar-refractivity contribution in [3.05, 3.63) is 72.3 Å². The highest BCUT2D eigenvalue weighted by molar-refractivity contribution is 6.76. The summed E-state index contributed by atoms with van der Waals surface area (Å²) in [5, 5.41) is 3.35. The number of alkyl halides is 3. The van der Waals surface area contributed by atoms with E-state index in [2.05, 4.69) is 34.5 Å². The van der Waals surface area contributed by atoms with E-state index in [9.17, 15) is 4.79 Å². The molecule has 9 heteroatoms. The molecule has 1 unspecified atom stereocenters. The Morgan fingerprint density at radius 3 is 2.58 bits per heavy atom. The summed E-state index contributed by atoms with van der Waals surface area (Å²) in [5.41, 5.74) is 1.33. The minimum atomic E-state index is -2.06. The number of morpholine rings is 1. The van der Waals surface area contributed by atoms with E-state index in [4.69, 9.17) is 44.3 Å². The average Bonchev–Trinajstić information content (AvgIpc) is 3.34. The molecule has 2 aromatic carbocycles. The zero-order valence-electron chi connectivity index (χ0n) is 20.2. The van der Waals surface area contributed by atoms with Crippen LogP contribution in [0, 0.1) is 0 Å². The number of nitrogens with one attached hydrogen (secondary N) is 1. The molecule has 1 aliphatic heterocycles. The maximum absolute atomic E-state index is 13.3. The van der Waals surface area contributed by atoms with E-state index in [-0.39, 0.29) is 6.67 Å². The maximum atomic E-state index is 13.3. The molecule has 2 aliphatic rings. The van der Waals surface area contributed by atoms with E-state index in [1.165, 1.54) is 0 Å². The molecule has 194 valence electrons. The maximum Gasteiger partial charge on any atom is 0.276 e. The molecule has 0 aromatic heterocycles. The highest BCUT2D eigenvalue weighted by atomic mass is 35.6. The number of hydrogen-bond donors (Lipinski definition) is 1. The Balaban J connectivity index is 1.45. The molecule has 1 heterocycles. The van der Waals surface area contributed by atoms with E-state index in [1.807, 2.05) is 42.5 Å². The van der Waals surface area contributed by atoms with Gasteiger partial charge in [0.1, 0.15) is 12.4 Å². The van der Waals surface area contributed by atoms with Gasteiger partial charge in [-0.05, 0) is 37.0 Å². The molecular formula is C27H32Cl3N3O3. The monoisotopic (exact) mass is 551 g/mol. The topological polar surface area (TPSA) is 54.0 Å². The van der Waals surface area contributed by atoms with Crippen LogP contribution in [-0.2, 0) is 16.0 Å². The Labute approximate surface area is 228 Å². The zero-order valence-corrected chi connectivity index (χ0v) is 22.4. The summed E-state index contributed by atoms with van der Waals surface area (Å²) in [4.78, 5) is 17.3. The predicted molar refractivity (Wildman–Crippen MR) is 146 cm³/mol. The molecule has 0 spiro atoms. The van der Waals surface area contributed by atoms with Crippen LogP contribution in [0.15, 0.2) is 66.7 Å². The first-order chi connectivity index (χ1) is 17.4. The van der Waals surface area contributed by atoms with Gasteiger partial charge in [-0.15, -0.1) is 0 Å². The van der Waals surface area contributed by atoms with Crippen molar-refractivity contribution in [2.24, 2.45) is 0 Å². The van der Waals surface area contributed by atoms with Crippen LogP contribution in [-0.4, -0.2) is 71.2 Å². The van der Waals surface area contributed by atoms with E-state index in [0.29, 0.717) is 13.0 Å². The Kier molecular flexibility index (Phi) is 9.42. The van der Waals surface area contributed by atoms with Crippen LogP contribution in [0.2, 0.25) is 0 Å². The number of anilines is 1. The van der Waals surface area contributed by atoms with Gasteiger partial charge in [0.15, 0.2) is 0 Å². The van der Waals surface area contributed by atoms with Crippen molar-refractivity contribution < 1.29 is 14.3 Å². The van der Waals surface area contributed by atoms with E-state index in [0.717, 1.165) is 62.7 Å². The normalized spacial score (nSPS) is 20.3. The van der Waals surface area contributed by atoms with Crippen molar-refractivity contribution in [2.75, 3.05) is 51.4 Å². The summed E-state index contributed by atoms with van der Waals surface area (Å²) in [7, 11) is 0. The van der Waals surface area contributed by atoms with E-state index in [1.54, 1.807) is 4.90 Å². The van der Waals surface area contributed by atoms with E-state index >= 15 is 0 Å². The first kappa shape index (κ1) is 27.1. The second kappa shape index (κ2) is 12.5. The smallest absolute Gasteiger partial charge is 0.276 e. The molecule has 36 heavy (non-hydrogen) atoms. The predicted octanol–water partition coefficient (Wildman–Crippen LogP) is 5.30. The number of allylic oxidation sites excluding steroid dienone is 1. The van der Waals surface area contributed by atoms with Crippen LogP contribution < -0.4 is 10.1 Å². The molecule has 2 aromatic rings. The molecule has 0 saturated carbocycles. The fourth-order valence-corrected chi connectivity index (χ4v) is 5.01. The van der Waals surface area contributed by atoms with Crippen LogP contribution in [0.1, 0.15) is 18.4 Å². The second-order valence-electron chi connectivity index (χ2n) is 9.10. The lowest BCUT2D eigenvalue weighted by molar-refractivity contribution is -0.134. The Hall–Kier alpha value is -1.96. The van der Waals surface area contributed by atoms with Gasteiger partial charge in [0.2, 0.25) is 0 Å². The second-order valence-corrected chi connectivity index (χ2v) is 11.4. The number of nitrogens with zero attached hydrogens (tertiary/aromatic N) is 2. The number of amides is 1. The molecule has 0 bridgehead atoms. The van der Waals surface area contributed by atoms with Crippen molar-refractivity contribution in [3.8, 4) is 5.75 Å². The van der Waals surface area contributed by atoms with Crippen molar-refractivity contribution in [3.63, 3.8) is 0 Å². The van der Waals surface area contributed by atoms with Gasteiger partial charge >= 0.3 is 0 Å². The molecule has 1 aliphatic carbocycles. The molecule has 1 saturated heterocycles. The van der Waals surface area contributed by atoms with Crippen molar-refractivity contribution in [1.29, 1.82) is 0 Å². The molecule has 1 N–H and O–H groups in total.